The van der Waals surface area contributed by atoms with Crippen molar-refractivity contribution in [1.82, 2.24) is 15.1 Å². The molecular formula is C19H29N3O2. The second kappa shape index (κ2) is 7.88. The second-order valence-corrected chi connectivity index (χ2v) is 6.93. The number of nitrogens with zero attached hydrogens (tertiary/aromatic N) is 2. The topological polar surface area (TPSA) is 44.8 Å². The Morgan fingerprint density at radius 1 is 1.33 bits per heavy atom. The molecule has 24 heavy (non-hydrogen) atoms. The highest BCUT2D eigenvalue weighted by Gasteiger charge is 2.35. The summed E-state index contributed by atoms with van der Waals surface area (Å²) in [5, 5.41) is 3.21. The maximum Gasteiger partial charge on any atom is 0.317 e. The van der Waals surface area contributed by atoms with Crippen molar-refractivity contribution in [3.63, 3.8) is 0 Å². The van der Waals surface area contributed by atoms with E-state index in [0.29, 0.717) is 25.1 Å². The minimum absolute atomic E-state index is 0.0149. The second-order valence-electron chi connectivity index (χ2n) is 6.93. The number of para-hydroxylation sites is 1. The average molecular weight is 331 g/mol. The van der Waals surface area contributed by atoms with E-state index in [1.54, 1.807) is 4.90 Å². The predicted molar refractivity (Wildman–Crippen MR) is 95.4 cm³/mol. The maximum absolute atomic E-state index is 12.4. The summed E-state index contributed by atoms with van der Waals surface area (Å²) >= 11 is 0. The SMILES string of the molecule is CCc1ccccc1OCCN(C)C(=O)N[C@H]1CN2CCC1CC2. The lowest BCUT2D eigenvalue weighted by atomic mass is 9.84. The van der Waals surface area contributed by atoms with Gasteiger partial charge < -0.3 is 19.9 Å². The van der Waals surface area contributed by atoms with E-state index in [2.05, 4.69) is 23.2 Å². The number of amides is 2. The molecule has 4 rings (SSSR count). The first-order valence-electron chi connectivity index (χ1n) is 9.12. The summed E-state index contributed by atoms with van der Waals surface area (Å²) in [6.07, 6.45) is 3.38. The molecule has 5 heteroatoms. The van der Waals surface area contributed by atoms with Crippen molar-refractivity contribution in [3.8, 4) is 5.75 Å². The first-order chi connectivity index (χ1) is 11.7. The maximum atomic E-state index is 12.4. The summed E-state index contributed by atoms with van der Waals surface area (Å²) in [4.78, 5) is 16.6. The average Bonchev–Trinajstić information content (AvgIpc) is 2.63. The van der Waals surface area contributed by atoms with Gasteiger partial charge in [-0.25, -0.2) is 4.79 Å². The summed E-state index contributed by atoms with van der Waals surface area (Å²) in [5.74, 6) is 1.58. The molecule has 0 saturated carbocycles. The van der Waals surface area contributed by atoms with Gasteiger partial charge in [-0.15, -0.1) is 0 Å². The predicted octanol–water partition coefficient (Wildman–Crippen LogP) is 2.36. The Hall–Kier alpha value is -1.75. The van der Waals surface area contributed by atoms with Crippen LogP contribution < -0.4 is 10.1 Å². The van der Waals surface area contributed by atoms with Crippen LogP contribution in [0.2, 0.25) is 0 Å². The lowest BCUT2D eigenvalue weighted by Gasteiger charge is -2.45. The summed E-state index contributed by atoms with van der Waals surface area (Å²) in [6, 6.07) is 8.41. The molecule has 1 aromatic rings. The van der Waals surface area contributed by atoms with Crippen LogP contribution in [0.1, 0.15) is 25.3 Å². The minimum Gasteiger partial charge on any atom is -0.491 e. The van der Waals surface area contributed by atoms with Gasteiger partial charge in [-0.05, 0) is 49.9 Å². The van der Waals surface area contributed by atoms with Crippen LogP contribution in [0.3, 0.4) is 0 Å². The number of fused-ring (bicyclic) bond motifs is 3. The van der Waals surface area contributed by atoms with Gasteiger partial charge >= 0.3 is 6.03 Å². The third-order valence-electron chi connectivity index (χ3n) is 5.35. The number of piperidine rings is 3. The number of carbonyl (C=O) groups is 1. The van der Waals surface area contributed by atoms with Gasteiger partial charge in [-0.1, -0.05) is 25.1 Å². The van der Waals surface area contributed by atoms with Crippen molar-refractivity contribution < 1.29 is 9.53 Å². The molecule has 132 valence electrons. The number of urea groups is 1. The number of benzene rings is 1. The monoisotopic (exact) mass is 331 g/mol. The highest BCUT2D eigenvalue weighted by molar-refractivity contribution is 5.74. The fourth-order valence-corrected chi connectivity index (χ4v) is 3.73. The molecule has 2 amide bonds. The van der Waals surface area contributed by atoms with E-state index >= 15 is 0 Å². The normalized spacial score (nSPS) is 25.3. The molecule has 0 unspecified atom stereocenters. The highest BCUT2D eigenvalue weighted by Crippen LogP contribution is 2.27. The van der Waals surface area contributed by atoms with Crippen LogP contribution in [0.15, 0.2) is 24.3 Å². The van der Waals surface area contributed by atoms with Gasteiger partial charge in [0.1, 0.15) is 12.4 Å². The van der Waals surface area contributed by atoms with Crippen LogP contribution in [0, 0.1) is 5.92 Å². The van der Waals surface area contributed by atoms with Crippen molar-refractivity contribution in [2.75, 3.05) is 39.8 Å². The smallest absolute Gasteiger partial charge is 0.317 e. The molecule has 3 aliphatic rings. The standard InChI is InChI=1S/C19H29N3O2/c1-3-15-6-4-5-7-18(15)24-13-12-21(2)19(23)20-17-14-22-10-8-16(17)9-11-22/h4-7,16-17H,3,8-14H2,1-2H3,(H,20,23)/t17-/m0/s1. The van der Waals surface area contributed by atoms with Gasteiger partial charge in [0, 0.05) is 19.6 Å². The number of hydrogen-bond acceptors (Lipinski definition) is 3. The minimum atomic E-state index is 0.0149. The van der Waals surface area contributed by atoms with E-state index in [9.17, 15) is 4.79 Å². The Morgan fingerprint density at radius 2 is 2.08 bits per heavy atom. The largest absolute Gasteiger partial charge is 0.491 e. The molecule has 0 aromatic heterocycles. The molecule has 3 aliphatic heterocycles. The van der Waals surface area contributed by atoms with Crippen LogP contribution in [0.25, 0.3) is 0 Å². The molecule has 3 heterocycles. The zero-order chi connectivity index (χ0) is 16.9. The molecule has 5 nitrogen and oxygen atoms in total. The fraction of sp³-hybridized carbons (Fsp3) is 0.632. The van der Waals surface area contributed by atoms with Crippen LogP contribution in [0.5, 0.6) is 5.75 Å². The Balaban J connectivity index is 1.43. The molecule has 2 bridgehead atoms. The zero-order valence-electron chi connectivity index (χ0n) is 14.8. The van der Waals surface area contributed by atoms with E-state index in [1.165, 1.54) is 31.5 Å². The van der Waals surface area contributed by atoms with Crippen molar-refractivity contribution in [2.24, 2.45) is 5.92 Å². The third kappa shape index (κ3) is 4.01. The number of aryl methyl sites for hydroxylation is 1. The molecule has 0 aliphatic carbocycles. The van der Waals surface area contributed by atoms with Crippen molar-refractivity contribution in [1.29, 1.82) is 0 Å². The molecule has 1 N–H and O–H groups in total. The van der Waals surface area contributed by atoms with E-state index < -0.39 is 0 Å². The van der Waals surface area contributed by atoms with Gasteiger partial charge in [0.25, 0.3) is 0 Å². The van der Waals surface area contributed by atoms with Gasteiger partial charge in [-0.3, -0.25) is 0 Å². The number of hydrogen-bond donors (Lipinski definition) is 1. The summed E-state index contributed by atoms with van der Waals surface area (Å²) in [7, 11) is 1.84. The van der Waals surface area contributed by atoms with E-state index in [-0.39, 0.29) is 6.03 Å². The zero-order valence-corrected chi connectivity index (χ0v) is 14.8. The first-order valence-corrected chi connectivity index (χ1v) is 9.12. The summed E-state index contributed by atoms with van der Waals surface area (Å²) < 4.78 is 5.86. The van der Waals surface area contributed by atoms with Crippen LogP contribution in [0.4, 0.5) is 4.79 Å². The summed E-state index contributed by atoms with van der Waals surface area (Å²) in [6.45, 7) is 6.61. The Bertz CT molecular complexity index is 555. The Labute approximate surface area is 145 Å². The Morgan fingerprint density at radius 3 is 2.75 bits per heavy atom. The molecular weight excluding hydrogens is 302 g/mol. The van der Waals surface area contributed by atoms with Gasteiger partial charge in [0.15, 0.2) is 0 Å². The van der Waals surface area contributed by atoms with Crippen molar-refractivity contribution >= 4 is 6.03 Å². The quantitative estimate of drug-likeness (QED) is 0.870. The number of ether oxygens (including phenoxy) is 1. The fourth-order valence-electron chi connectivity index (χ4n) is 3.73. The van der Waals surface area contributed by atoms with Crippen LogP contribution in [-0.2, 0) is 6.42 Å². The molecule has 3 saturated heterocycles. The number of rotatable bonds is 6. The molecule has 0 radical (unpaired) electrons. The number of likely N-dealkylation sites (N-methyl/N-ethyl adjacent to an activating group) is 1. The highest BCUT2D eigenvalue weighted by atomic mass is 16.5. The van der Waals surface area contributed by atoms with Crippen LogP contribution >= 0.6 is 0 Å². The lowest BCUT2D eigenvalue weighted by Crippen LogP contribution is -2.58. The molecule has 1 atom stereocenters. The third-order valence-corrected chi connectivity index (χ3v) is 5.35. The molecule has 3 fully saturated rings. The first kappa shape index (κ1) is 17.1. The van der Waals surface area contributed by atoms with E-state index in [4.69, 9.17) is 4.74 Å². The lowest BCUT2D eigenvalue weighted by molar-refractivity contribution is 0.0734. The Kier molecular flexibility index (Phi) is 5.61. The van der Waals surface area contributed by atoms with Gasteiger partial charge in [0.05, 0.1) is 6.54 Å². The van der Waals surface area contributed by atoms with Crippen molar-refractivity contribution in [2.45, 2.75) is 32.2 Å². The number of carbonyl (C=O) groups excluding carboxylic acids is 1. The van der Waals surface area contributed by atoms with Crippen LogP contribution in [-0.4, -0.2) is 61.7 Å². The molecule has 0 spiro atoms. The molecule has 1 aromatic carbocycles. The number of nitrogens with one attached hydrogen (secondary N) is 1. The van der Waals surface area contributed by atoms with E-state index in [0.717, 1.165) is 18.7 Å². The van der Waals surface area contributed by atoms with Gasteiger partial charge in [-0.2, -0.15) is 0 Å². The van der Waals surface area contributed by atoms with E-state index in [1.807, 2.05) is 25.2 Å². The summed E-state index contributed by atoms with van der Waals surface area (Å²) in [5.41, 5.74) is 1.21. The van der Waals surface area contributed by atoms with Crippen molar-refractivity contribution in [3.05, 3.63) is 29.8 Å². The van der Waals surface area contributed by atoms with Gasteiger partial charge in [0.2, 0.25) is 0 Å².